The maximum Gasteiger partial charge on any atom is 0.161 e. The quantitative estimate of drug-likeness (QED) is 0.416. The number of nitrogens with one attached hydrogen (secondary N) is 2. The number of H-pyrrole nitrogens is 2. The summed E-state index contributed by atoms with van der Waals surface area (Å²) in [5, 5.41) is 7.50. The first-order chi connectivity index (χ1) is 15.3. The zero-order chi connectivity index (χ0) is 21.2. The highest BCUT2D eigenvalue weighted by Gasteiger charge is 2.17. The predicted octanol–water partition coefficient (Wildman–Crippen LogP) is 4.58. The molecule has 0 atom stereocenters. The molecule has 0 radical (unpaired) electrons. The standard InChI is InChI=1S/C23H18N8/c1-3-9-26-16(4-2)17-5-6-18-21(27-17)22(31-30-18)23-28-19-13-25-12-15(20(19)29-23)14-7-10-24-11-8-14/h3-13H,1H2,2H3,(H,28,29)(H,30,31)/b16-4-,26-9?. The molecule has 0 bridgehead atoms. The maximum atomic E-state index is 4.83. The third kappa shape index (κ3) is 3.29. The Morgan fingerprint density at radius 1 is 1.00 bits per heavy atom. The molecule has 8 nitrogen and oxygen atoms in total. The molecule has 0 aliphatic heterocycles. The lowest BCUT2D eigenvalue weighted by molar-refractivity contribution is 1.10. The summed E-state index contributed by atoms with van der Waals surface area (Å²) in [4.78, 5) is 25.8. The van der Waals surface area contributed by atoms with Gasteiger partial charge in [0.15, 0.2) is 11.5 Å². The van der Waals surface area contributed by atoms with Crippen LogP contribution in [0.5, 0.6) is 0 Å². The lowest BCUT2D eigenvalue weighted by atomic mass is 10.1. The fraction of sp³-hybridized carbons (Fsp3) is 0.0435. The van der Waals surface area contributed by atoms with Gasteiger partial charge in [-0.05, 0) is 36.8 Å². The largest absolute Gasteiger partial charge is 0.335 e. The van der Waals surface area contributed by atoms with Gasteiger partial charge in [0.1, 0.15) is 5.52 Å². The number of allylic oxidation sites excluding steroid dienone is 2. The van der Waals surface area contributed by atoms with E-state index in [1.54, 1.807) is 37.1 Å². The van der Waals surface area contributed by atoms with E-state index in [-0.39, 0.29) is 0 Å². The van der Waals surface area contributed by atoms with E-state index >= 15 is 0 Å². The number of fused-ring (bicyclic) bond motifs is 2. The van der Waals surface area contributed by atoms with Crippen molar-refractivity contribution in [2.45, 2.75) is 6.92 Å². The molecule has 0 aromatic carbocycles. The molecule has 0 spiro atoms. The third-order valence-electron chi connectivity index (χ3n) is 4.87. The number of nitrogens with zero attached hydrogens (tertiary/aromatic N) is 6. The second kappa shape index (κ2) is 7.75. The fourth-order valence-corrected chi connectivity index (χ4v) is 3.42. The highest BCUT2D eigenvalue weighted by Crippen LogP contribution is 2.30. The van der Waals surface area contributed by atoms with Crippen LogP contribution < -0.4 is 0 Å². The second-order valence-electron chi connectivity index (χ2n) is 6.76. The van der Waals surface area contributed by atoms with Gasteiger partial charge in [-0.1, -0.05) is 18.7 Å². The summed E-state index contributed by atoms with van der Waals surface area (Å²) in [6, 6.07) is 7.72. The molecule has 150 valence electrons. The summed E-state index contributed by atoms with van der Waals surface area (Å²) in [6.07, 6.45) is 12.2. The highest BCUT2D eigenvalue weighted by atomic mass is 15.2. The van der Waals surface area contributed by atoms with E-state index < -0.39 is 0 Å². The average molecular weight is 406 g/mol. The fourth-order valence-electron chi connectivity index (χ4n) is 3.42. The Bertz CT molecular complexity index is 1460. The van der Waals surface area contributed by atoms with Crippen molar-refractivity contribution < 1.29 is 0 Å². The molecule has 0 saturated carbocycles. The molecule has 5 aromatic rings. The lowest BCUT2D eigenvalue weighted by Gasteiger charge is -2.01. The first-order valence-electron chi connectivity index (χ1n) is 9.70. The molecule has 0 aliphatic rings. The van der Waals surface area contributed by atoms with E-state index in [1.165, 1.54) is 0 Å². The van der Waals surface area contributed by atoms with Gasteiger partial charge in [-0.25, -0.2) is 9.97 Å². The number of rotatable bonds is 5. The SMILES string of the molecule is C=CC=N/C(=C\C)c1ccc2[nH]nc(-c3nc4c(-c5ccncc5)cncc4[nH]3)c2n1. The zero-order valence-electron chi connectivity index (χ0n) is 16.7. The van der Waals surface area contributed by atoms with Gasteiger partial charge in [0.25, 0.3) is 0 Å². The molecule has 8 heteroatoms. The van der Waals surface area contributed by atoms with Crippen molar-refractivity contribution in [2.75, 3.05) is 0 Å². The first kappa shape index (κ1) is 18.6. The Morgan fingerprint density at radius 2 is 1.87 bits per heavy atom. The van der Waals surface area contributed by atoms with Gasteiger partial charge in [0.05, 0.1) is 34.1 Å². The Balaban J connectivity index is 1.65. The van der Waals surface area contributed by atoms with Gasteiger partial charge in [0, 0.05) is 30.4 Å². The van der Waals surface area contributed by atoms with Gasteiger partial charge in [-0.2, -0.15) is 5.10 Å². The molecule has 5 rings (SSSR count). The van der Waals surface area contributed by atoms with Crippen molar-refractivity contribution in [3.8, 4) is 22.6 Å². The highest BCUT2D eigenvalue weighted by molar-refractivity contribution is 5.95. The summed E-state index contributed by atoms with van der Waals surface area (Å²) in [5.74, 6) is 0.617. The van der Waals surface area contributed by atoms with Crippen molar-refractivity contribution in [3.63, 3.8) is 0 Å². The Labute approximate surface area is 177 Å². The molecule has 0 aliphatic carbocycles. The van der Waals surface area contributed by atoms with Gasteiger partial charge in [0.2, 0.25) is 0 Å². The van der Waals surface area contributed by atoms with Crippen molar-refractivity contribution >= 4 is 34.0 Å². The molecular formula is C23H18N8. The zero-order valence-corrected chi connectivity index (χ0v) is 16.7. The van der Waals surface area contributed by atoms with E-state index in [2.05, 4.69) is 36.7 Å². The minimum Gasteiger partial charge on any atom is -0.335 e. The van der Waals surface area contributed by atoms with Crippen molar-refractivity contribution in [1.82, 2.24) is 35.1 Å². The van der Waals surface area contributed by atoms with Crippen molar-refractivity contribution in [2.24, 2.45) is 4.99 Å². The Morgan fingerprint density at radius 3 is 2.68 bits per heavy atom. The van der Waals surface area contributed by atoms with Crippen LogP contribution in [0.2, 0.25) is 0 Å². The normalized spacial score (nSPS) is 12.2. The molecule has 0 amide bonds. The van der Waals surface area contributed by atoms with E-state index in [4.69, 9.17) is 9.97 Å². The van der Waals surface area contributed by atoms with Crippen LogP contribution in [0.3, 0.4) is 0 Å². The molecule has 0 fully saturated rings. The number of aromatic amines is 2. The van der Waals surface area contributed by atoms with Gasteiger partial charge < -0.3 is 4.98 Å². The van der Waals surface area contributed by atoms with Crippen LogP contribution in [-0.4, -0.2) is 41.3 Å². The Kier molecular flexibility index (Phi) is 4.64. The van der Waals surface area contributed by atoms with E-state index in [9.17, 15) is 0 Å². The first-order valence-corrected chi connectivity index (χ1v) is 9.70. The predicted molar refractivity (Wildman–Crippen MR) is 122 cm³/mol. The molecule has 2 N–H and O–H groups in total. The number of imidazole rings is 1. The summed E-state index contributed by atoms with van der Waals surface area (Å²) in [5.41, 5.74) is 7.21. The van der Waals surface area contributed by atoms with Gasteiger partial charge in [-0.3, -0.25) is 20.1 Å². The molecule has 5 aromatic heterocycles. The van der Waals surface area contributed by atoms with Crippen LogP contribution in [0.1, 0.15) is 12.6 Å². The average Bonchev–Trinajstić information content (AvgIpc) is 3.43. The van der Waals surface area contributed by atoms with E-state index in [1.807, 2.05) is 37.3 Å². The van der Waals surface area contributed by atoms with Crippen LogP contribution in [0.25, 0.3) is 50.4 Å². The molecule has 31 heavy (non-hydrogen) atoms. The summed E-state index contributed by atoms with van der Waals surface area (Å²) < 4.78 is 0. The smallest absolute Gasteiger partial charge is 0.161 e. The van der Waals surface area contributed by atoms with Crippen LogP contribution in [0.4, 0.5) is 0 Å². The van der Waals surface area contributed by atoms with Crippen molar-refractivity contribution in [3.05, 3.63) is 73.5 Å². The van der Waals surface area contributed by atoms with Gasteiger partial charge >= 0.3 is 0 Å². The van der Waals surface area contributed by atoms with Crippen molar-refractivity contribution in [1.29, 1.82) is 0 Å². The number of hydrogen-bond acceptors (Lipinski definition) is 6. The third-order valence-corrected chi connectivity index (χ3v) is 4.87. The van der Waals surface area contributed by atoms with E-state index in [0.717, 1.165) is 39.1 Å². The number of aromatic nitrogens is 7. The monoisotopic (exact) mass is 406 g/mol. The molecule has 0 unspecified atom stereocenters. The molecule has 0 saturated heterocycles. The topological polar surface area (TPSA) is 108 Å². The van der Waals surface area contributed by atoms with Crippen LogP contribution in [-0.2, 0) is 0 Å². The maximum absolute atomic E-state index is 4.83. The van der Waals surface area contributed by atoms with Crippen LogP contribution >= 0.6 is 0 Å². The van der Waals surface area contributed by atoms with Crippen LogP contribution in [0, 0.1) is 0 Å². The summed E-state index contributed by atoms with van der Waals surface area (Å²) in [7, 11) is 0. The number of hydrogen-bond donors (Lipinski definition) is 2. The second-order valence-corrected chi connectivity index (χ2v) is 6.76. The molecule has 5 heterocycles. The van der Waals surface area contributed by atoms with Gasteiger partial charge in [-0.15, -0.1) is 0 Å². The minimum atomic E-state index is 0.617. The van der Waals surface area contributed by atoms with E-state index in [0.29, 0.717) is 17.0 Å². The summed E-state index contributed by atoms with van der Waals surface area (Å²) in [6.45, 7) is 5.59. The lowest BCUT2D eigenvalue weighted by Crippen LogP contribution is -1.89. The Hall–Kier alpha value is -4.46. The molecular weight excluding hydrogens is 388 g/mol. The number of aliphatic imine (C=N–C) groups is 1. The summed E-state index contributed by atoms with van der Waals surface area (Å²) >= 11 is 0. The minimum absolute atomic E-state index is 0.617. The van der Waals surface area contributed by atoms with Crippen LogP contribution in [0.15, 0.2) is 72.8 Å². The number of pyridine rings is 3.